The second-order valence-electron chi connectivity index (χ2n) is 10.1. The molecule has 0 amide bonds. The van der Waals surface area contributed by atoms with E-state index >= 15 is 0 Å². The van der Waals surface area contributed by atoms with E-state index in [9.17, 15) is 8.78 Å². The lowest BCUT2D eigenvalue weighted by Crippen LogP contribution is -2.23. The number of unbranched alkanes of at least 4 members (excludes halogenated alkanes) is 2. The SMILES string of the molecule is C=C.C=O.CC.CCC(C)C.CCCCC.CN1CCC2=NN(CCCC(F)(F)P)CC2CC1.Cc1cnc(C)s1. The Kier molecular flexibility index (Phi) is 36.1. The molecule has 0 aliphatic carbocycles. The van der Waals surface area contributed by atoms with Crippen molar-refractivity contribution in [2.75, 3.05) is 33.2 Å². The lowest BCUT2D eigenvalue weighted by atomic mass is 10.00. The van der Waals surface area contributed by atoms with Crippen LogP contribution in [0.2, 0.25) is 0 Å². The highest BCUT2D eigenvalue weighted by Crippen LogP contribution is 2.28. The molecule has 9 heteroatoms. The molecule has 1 saturated heterocycles. The van der Waals surface area contributed by atoms with Gasteiger partial charge < -0.3 is 9.69 Å². The van der Waals surface area contributed by atoms with Gasteiger partial charge >= 0.3 is 0 Å². The summed E-state index contributed by atoms with van der Waals surface area (Å²) in [5.74, 6) is 1.43. The molecule has 0 radical (unpaired) electrons. The molecular formula is C32H65F2N4OPS. The standard InChI is InChI=1S/C12H22F2N3P.C5H7NS.2C5H12.C2H6.C2H4.CH2O/c1-16-7-3-10-9-17(15-11(10)4-8-16)6-2-5-12(13,14)18;1-4-3-6-5(2)7-4;1-4-5(2)3;1-3-5-4-2;3*1-2/h10H,2-9,18H2,1H3;3H,1-2H3;5H,4H2,1-3H3;3-5H2,1-2H3;1-2H3;1-2H2;1H2. The minimum absolute atomic E-state index is 0.0770. The number of hydrazone groups is 1. The van der Waals surface area contributed by atoms with E-state index in [2.05, 4.69) is 76.7 Å². The van der Waals surface area contributed by atoms with Crippen LogP contribution < -0.4 is 0 Å². The number of aryl methyl sites for hydroxylation is 2. The van der Waals surface area contributed by atoms with Crippen molar-refractivity contribution in [2.45, 2.75) is 119 Å². The Morgan fingerprint density at radius 1 is 1.10 bits per heavy atom. The lowest BCUT2D eigenvalue weighted by molar-refractivity contribution is -0.0980. The average molecular weight is 623 g/mol. The molecule has 0 aromatic carbocycles. The fourth-order valence-corrected chi connectivity index (χ4v) is 4.31. The monoisotopic (exact) mass is 622 g/mol. The fourth-order valence-electron chi connectivity index (χ4n) is 3.43. The van der Waals surface area contributed by atoms with Crippen molar-refractivity contribution in [3.63, 3.8) is 0 Å². The van der Waals surface area contributed by atoms with E-state index in [0.717, 1.165) is 43.4 Å². The van der Waals surface area contributed by atoms with Gasteiger partial charge in [0.2, 0.25) is 0 Å². The number of carbonyl (C=O) groups excluding carboxylic acids is 1. The van der Waals surface area contributed by atoms with Gasteiger partial charge in [0.15, 0.2) is 0 Å². The highest BCUT2D eigenvalue weighted by atomic mass is 32.1. The zero-order chi connectivity index (χ0) is 32.9. The maximum absolute atomic E-state index is 12.7. The average Bonchev–Trinajstić information content (AvgIpc) is 3.49. The molecule has 0 N–H and O–H groups in total. The van der Waals surface area contributed by atoms with Gasteiger partial charge in [0.05, 0.1) is 5.01 Å². The first kappa shape index (κ1) is 46.7. The van der Waals surface area contributed by atoms with Gasteiger partial charge in [0.1, 0.15) is 6.79 Å². The summed E-state index contributed by atoms with van der Waals surface area (Å²) in [6, 6.07) is 0. The van der Waals surface area contributed by atoms with Crippen LogP contribution in [-0.2, 0) is 4.79 Å². The zero-order valence-electron chi connectivity index (χ0n) is 28.3. The smallest absolute Gasteiger partial charge is 0.259 e. The summed E-state index contributed by atoms with van der Waals surface area (Å²) in [5.41, 5.74) is -1.35. The van der Waals surface area contributed by atoms with Crippen molar-refractivity contribution < 1.29 is 13.6 Å². The summed E-state index contributed by atoms with van der Waals surface area (Å²) < 4.78 is 25.4. The molecule has 2 aliphatic rings. The van der Waals surface area contributed by atoms with E-state index in [1.807, 2.05) is 38.8 Å². The lowest BCUT2D eigenvalue weighted by Gasteiger charge is -2.18. The van der Waals surface area contributed by atoms with E-state index in [1.54, 1.807) is 20.6 Å². The minimum atomic E-state index is -2.63. The van der Waals surface area contributed by atoms with Gasteiger partial charge in [-0.1, -0.05) is 83.4 Å². The van der Waals surface area contributed by atoms with Gasteiger partial charge in [0.25, 0.3) is 5.66 Å². The Labute approximate surface area is 259 Å². The van der Waals surface area contributed by atoms with Crippen molar-refractivity contribution in [3.05, 3.63) is 29.2 Å². The van der Waals surface area contributed by atoms with Gasteiger partial charge in [-0.3, -0.25) is 5.01 Å². The third kappa shape index (κ3) is 31.5. The molecule has 0 saturated carbocycles. The van der Waals surface area contributed by atoms with E-state index in [0.29, 0.717) is 18.9 Å². The molecule has 0 spiro atoms. The highest BCUT2D eigenvalue weighted by Gasteiger charge is 2.29. The predicted octanol–water partition coefficient (Wildman–Crippen LogP) is 9.90. The molecule has 5 nitrogen and oxygen atoms in total. The van der Waals surface area contributed by atoms with Crippen LogP contribution in [0, 0.1) is 25.7 Å². The molecule has 1 fully saturated rings. The predicted molar refractivity (Wildman–Crippen MR) is 185 cm³/mol. The molecule has 244 valence electrons. The number of hydrogen-bond acceptors (Lipinski definition) is 6. The molecule has 3 heterocycles. The van der Waals surface area contributed by atoms with Gasteiger partial charge in [-0.25, -0.2) is 13.8 Å². The van der Waals surface area contributed by atoms with Crippen LogP contribution in [0.3, 0.4) is 0 Å². The largest absolute Gasteiger partial charge is 0.307 e. The minimum Gasteiger partial charge on any atom is -0.307 e. The number of thiazole rings is 1. The van der Waals surface area contributed by atoms with Gasteiger partial charge in [-0.15, -0.1) is 24.5 Å². The van der Waals surface area contributed by atoms with Gasteiger partial charge in [0, 0.05) is 55.2 Å². The molecule has 2 aliphatic heterocycles. The fraction of sp³-hybridized carbons (Fsp3) is 0.781. The number of hydrogen-bond donors (Lipinski definition) is 0. The Morgan fingerprint density at radius 3 is 1.98 bits per heavy atom. The number of nitrogens with zero attached hydrogens (tertiary/aromatic N) is 4. The second kappa shape index (κ2) is 31.7. The summed E-state index contributed by atoms with van der Waals surface area (Å²) >= 11 is 1.73. The van der Waals surface area contributed by atoms with Gasteiger partial charge in [-0.05, 0) is 46.2 Å². The van der Waals surface area contributed by atoms with Crippen LogP contribution in [-0.4, -0.2) is 66.3 Å². The highest BCUT2D eigenvalue weighted by molar-refractivity contribution is 7.18. The summed E-state index contributed by atoms with van der Waals surface area (Å²) in [5, 5.41) is 7.73. The van der Waals surface area contributed by atoms with E-state index in [1.165, 1.54) is 36.3 Å². The summed E-state index contributed by atoms with van der Waals surface area (Å²) in [6.07, 6.45) is 9.86. The van der Waals surface area contributed by atoms with Crippen LogP contribution in [0.15, 0.2) is 24.5 Å². The van der Waals surface area contributed by atoms with Crippen molar-refractivity contribution in [2.24, 2.45) is 16.9 Å². The maximum Gasteiger partial charge on any atom is 0.259 e. The van der Waals surface area contributed by atoms with Crippen LogP contribution in [0.25, 0.3) is 0 Å². The molecule has 2 atom stereocenters. The normalized spacial score (nSPS) is 15.5. The summed E-state index contributed by atoms with van der Waals surface area (Å²) in [6.45, 7) is 30.9. The molecule has 0 bridgehead atoms. The molecular weight excluding hydrogens is 557 g/mol. The maximum atomic E-state index is 12.7. The van der Waals surface area contributed by atoms with E-state index < -0.39 is 5.66 Å². The van der Waals surface area contributed by atoms with Crippen LogP contribution in [0.5, 0.6) is 0 Å². The molecule has 41 heavy (non-hydrogen) atoms. The molecule has 1 aromatic heterocycles. The Morgan fingerprint density at radius 2 is 1.63 bits per heavy atom. The Hall–Kier alpha value is -1.24. The van der Waals surface area contributed by atoms with Crippen molar-refractivity contribution >= 4 is 33.1 Å². The quantitative estimate of drug-likeness (QED) is 0.224. The Balaban J connectivity index is -0.000000246. The van der Waals surface area contributed by atoms with Crippen LogP contribution in [0.1, 0.15) is 110 Å². The molecule has 1 aromatic rings. The van der Waals surface area contributed by atoms with Crippen molar-refractivity contribution in [1.82, 2.24) is 14.9 Å². The zero-order valence-corrected chi connectivity index (χ0v) is 30.2. The van der Waals surface area contributed by atoms with Crippen LogP contribution in [0.4, 0.5) is 8.78 Å². The van der Waals surface area contributed by atoms with E-state index in [-0.39, 0.29) is 6.42 Å². The number of fused-ring (bicyclic) bond motifs is 1. The number of halogens is 2. The summed E-state index contributed by atoms with van der Waals surface area (Å²) in [4.78, 5) is 15.7. The number of carbonyl (C=O) groups is 1. The number of alkyl halides is 2. The number of likely N-dealkylation sites (tertiary alicyclic amines) is 1. The first-order chi connectivity index (χ1) is 19.4. The molecule has 2 unspecified atom stereocenters. The summed E-state index contributed by atoms with van der Waals surface area (Å²) in [7, 11) is 3.74. The van der Waals surface area contributed by atoms with Crippen LogP contribution >= 0.6 is 20.6 Å². The first-order valence-corrected chi connectivity index (χ1v) is 16.7. The number of rotatable bonds is 7. The third-order valence-corrected chi connectivity index (χ3v) is 7.08. The van der Waals surface area contributed by atoms with Gasteiger partial charge in [-0.2, -0.15) is 5.10 Å². The second-order valence-corrected chi connectivity index (χ2v) is 12.3. The van der Waals surface area contributed by atoms with Crippen molar-refractivity contribution in [1.29, 1.82) is 0 Å². The number of aromatic nitrogens is 1. The Bertz CT molecular complexity index is 694. The molecule has 3 rings (SSSR count). The topological polar surface area (TPSA) is 48.8 Å². The third-order valence-electron chi connectivity index (χ3n) is 5.97. The van der Waals surface area contributed by atoms with E-state index in [4.69, 9.17) is 4.79 Å². The first-order valence-electron chi connectivity index (χ1n) is 15.3. The van der Waals surface area contributed by atoms with Crippen molar-refractivity contribution in [3.8, 4) is 0 Å².